The number of alkyl halides is 1. The van der Waals surface area contributed by atoms with Crippen LogP contribution in [0.5, 0.6) is 5.75 Å². The summed E-state index contributed by atoms with van der Waals surface area (Å²) in [6, 6.07) is 5.18. The van der Waals surface area contributed by atoms with Gasteiger partial charge in [-0.15, -0.1) is 0 Å². The number of hydrogen-bond acceptors (Lipinski definition) is 3. The smallest absolute Gasteiger partial charge is 0.238 e. The van der Waals surface area contributed by atoms with Crippen molar-refractivity contribution < 1.29 is 13.9 Å². The molecule has 0 aromatic heterocycles. The summed E-state index contributed by atoms with van der Waals surface area (Å²) >= 11 is 0. The minimum atomic E-state index is -2.10. The molecule has 0 aliphatic carbocycles. The largest absolute Gasteiger partial charge is 0.496 e. The molecule has 0 amide bonds. The number of rotatable bonds is 4. The average Bonchev–Trinajstić information content (AvgIpc) is 2.28. The van der Waals surface area contributed by atoms with E-state index in [-0.39, 0.29) is 5.56 Å². The molecule has 0 radical (unpaired) electrons. The number of halogens is 1. The summed E-state index contributed by atoms with van der Waals surface area (Å²) in [5.41, 5.74) is 1.21. The van der Waals surface area contributed by atoms with E-state index in [0.717, 1.165) is 12.0 Å². The van der Waals surface area contributed by atoms with Gasteiger partial charge in [-0.1, -0.05) is 13.0 Å². The number of nitrogens with zero attached hydrogens (tertiary/aromatic N) is 1. The molecule has 0 fully saturated rings. The first kappa shape index (κ1) is 12.4. The minimum absolute atomic E-state index is 0.248. The Hall–Kier alpha value is -1.67. The monoisotopic (exact) mass is 223 g/mol. The van der Waals surface area contributed by atoms with Crippen molar-refractivity contribution in [2.45, 2.75) is 26.1 Å². The van der Waals surface area contributed by atoms with Gasteiger partial charge in [-0.2, -0.15) is 4.99 Å². The van der Waals surface area contributed by atoms with Crippen LogP contribution >= 0.6 is 0 Å². The number of carbonyl (C=O) groups excluding carboxylic acids is 1. The highest BCUT2D eigenvalue weighted by molar-refractivity contribution is 5.44. The van der Waals surface area contributed by atoms with E-state index >= 15 is 0 Å². The number of methoxy groups -OCH3 is 1. The van der Waals surface area contributed by atoms with Gasteiger partial charge in [-0.05, 0) is 31.0 Å². The molecule has 0 saturated carbocycles. The van der Waals surface area contributed by atoms with Crippen LogP contribution in [-0.4, -0.2) is 13.2 Å². The SMILES string of the molecule is CCc1ccc(OC)c(C(C)(F)N=C=O)c1. The highest BCUT2D eigenvalue weighted by Gasteiger charge is 2.29. The molecule has 1 rings (SSSR count). The molecule has 0 bridgehead atoms. The van der Waals surface area contributed by atoms with Gasteiger partial charge in [-0.25, -0.2) is 9.18 Å². The van der Waals surface area contributed by atoms with Gasteiger partial charge in [0.2, 0.25) is 11.9 Å². The van der Waals surface area contributed by atoms with Gasteiger partial charge in [0.15, 0.2) is 0 Å². The molecule has 16 heavy (non-hydrogen) atoms. The van der Waals surface area contributed by atoms with Crippen molar-refractivity contribution in [1.29, 1.82) is 0 Å². The van der Waals surface area contributed by atoms with Crippen LogP contribution < -0.4 is 4.74 Å². The maximum Gasteiger partial charge on any atom is 0.238 e. The molecule has 1 aromatic rings. The van der Waals surface area contributed by atoms with E-state index in [1.54, 1.807) is 12.1 Å². The lowest BCUT2D eigenvalue weighted by molar-refractivity contribution is 0.198. The Morgan fingerprint density at radius 1 is 1.56 bits per heavy atom. The lowest BCUT2D eigenvalue weighted by Gasteiger charge is -2.18. The van der Waals surface area contributed by atoms with E-state index in [2.05, 4.69) is 4.99 Å². The van der Waals surface area contributed by atoms with Crippen molar-refractivity contribution in [3.63, 3.8) is 0 Å². The summed E-state index contributed by atoms with van der Waals surface area (Å²) in [5, 5.41) is 0. The van der Waals surface area contributed by atoms with E-state index in [4.69, 9.17) is 4.74 Å². The second kappa shape index (κ2) is 4.90. The zero-order chi connectivity index (χ0) is 12.2. The average molecular weight is 223 g/mol. The lowest BCUT2D eigenvalue weighted by Crippen LogP contribution is -2.13. The Bertz CT molecular complexity index is 423. The third-order valence-corrected chi connectivity index (χ3v) is 2.42. The van der Waals surface area contributed by atoms with Crippen LogP contribution in [0.3, 0.4) is 0 Å². The van der Waals surface area contributed by atoms with Gasteiger partial charge in [0.05, 0.1) is 12.7 Å². The van der Waals surface area contributed by atoms with E-state index in [1.807, 2.05) is 13.0 Å². The molecule has 1 unspecified atom stereocenters. The Kier molecular flexibility index (Phi) is 3.80. The number of hydrogen-bond donors (Lipinski definition) is 0. The van der Waals surface area contributed by atoms with Gasteiger partial charge >= 0.3 is 0 Å². The molecule has 0 N–H and O–H groups in total. The molecule has 0 heterocycles. The van der Waals surface area contributed by atoms with E-state index < -0.39 is 5.79 Å². The summed E-state index contributed by atoms with van der Waals surface area (Å²) < 4.78 is 19.1. The maximum absolute atomic E-state index is 14.1. The van der Waals surface area contributed by atoms with E-state index in [9.17, 15) is 9.18 Å². The molecule has 1 atom stereocenters. The molecule has 4 heteroatoms. The number of isocyanates is 1. The number of aryl methyl sites for hydroxylation is 1. The first-order valence-electron chi connectivity index (χ1n) is 5.00. The zero-order valence-electron chi connectivity index (χ0n) is 9.58. The molecule has 0 aliphatic rings. The number of aliphatic imine (C=N–C) groups is 1. The first-order chi connectivity index (χ1) is 7.55. The van der Waals surface area contributed by atoms with Crippen LogP contribution in [0.15, 0.2) is 23.2 Å². The van der Waals surface area contributed by atoms with Crippen LogP contribution in [0, 0.1) is 0 Å². The molecule has 0 aliphatic heterocycles. The van der Waals surface area contributed by atoms with Crippen molar-refractivity contribution in [2.75, 3.05) is 7.11 Å². The van der Waals surface area contributed by atoms with Crippen LogP contribution in [-0.2, 0) is 17.0 Å². The predicted octanol–water partition coefficient (Wildman–Crippen LogP) is 2.74. The third kappa shape index (κ3) is 2.47. The standard InChI is InChI=1S/C12H14FNO2/c1-4-9-5-6-11(16-3)10(7-9)12(2,13)14-8-15/h5-7H,4H2,1-3H3. The predicted molar refractivity (Wildman–Crippen MR) is 59.0 cm³/mol. The Morgan fingerprint density at radius 2 is 2.25 bits per heavy atom. The van der Waals surface area contributed by atoms with Crippen molar-refractivity contribution in [3.8, 4) is 5.75 Å². The molecular weight excluding hydrogens is 209 g/mol. The number of benzene rings is 1. The van der Waals surface area contributed by atoms with E-state index in [0.29, 0.717) is 5.75 Å². The van der Waals surface area contributed by atoms with Gasteiger partial charge < -0.3 is 4.74 Å². The Labute approximate surface area is 94.0 Å². The Balaban J connectivity index is 3.33. The van der Waals surface area contributed by atoms with Crippen molar-refractivity contribution in [3.05, 3.63) is 29.3 Å². The van der Waals surface area contributed by atoms with Gasteiger partial charge in [-0.3, -0.25) is 0 Å². The Morgan fingerprint density at radius 3 is 2.75 bits per heavy atom. The van der Waals surface area contributed by atoms with Crippen molar-refractivity contribution in [1.82, 2.24) is 0 Å². The van der Waals surface area contributed by atoms with Crippen molar-refractivity contribution in [2.24, 2.45) is 4.99 Å². The molecule has 1 aromatic carbocycles. The molecule has 86 valence electrons. The van der Waals surface area contributed by atoms with Crippen LogP contribution in [0.25, 0.3) is 0 Å². The van der Waals surface area contributed by atoms with Crippen LogP contribution in [0.4, 0.5) is 4.39 Å². The topological polar surface area (TPSA) is 38.7 Å². The maximum atomic E-state index is 14.1. The fourth-order valence-corrected chi connectivity index (χ4v) is 1.48. The summed E-state index contributed by atoms with van der Waals surface area (Å²) in [7, 11) is 1.45. The fraction of sp³-hybridized carbons (Fsp3) is 0.417. The molecule has 0 saturated heterocycles. The first-order valence-corrected chi connectivity index (χ1v) is 5.00. The molecular formula is C12H14FNO2. The van der Waals surface area contributed by atoms with Gasteiger partial charge in [0, 0.05) is 0 Å². The number of ether oxygens (including phenoxy) is 1. The third-order valence-electron chi connectivity index (χ3n) is 2.42. The summed E-state index contributed by atoms with van der Waals surface area (Å²) in [6.07, 6.45) is 2.02. The quantitative estimate of drug-likeness (QED) is 0.447. The zero-order valence-corrected chi connectivity index (χ0v) is 9.58. The summed E-state index contributed by atoms with van der Waals surface area (Å²) in [4.78, 5) is 13.3. The van der Waals surface area contributed by atoms with Crippen LogP contribution in [0.2, 0.25) is 0 Å². The lowest BCUT2D eigenvalue weighted by atomic mass is 10.0. The van der Waals surface area contributed by atoms with Crippen molar-refractivity contribution >= 4 is 6.08 Å². The summed E-state index contributed by atoms with van der Waals surface area (Å²) in [6.45, 7) is 3.17. The highest BCUT2D eigenvalue weighted by Crippen LogP contribution is 2.34. The van der Waals surface area contributed by atoms with Crippen LogP contribution in [0.1, 0.15) is 25.0 Å². The summed E-state index contributed by atoms with van der Waals surface area (Å²) in [5.74, 6) is -1.72. The molecule has 3 nitrogen and oxygen atoms in total. The van der Waals surface area contributed by atoms with E-state index in [1.165, 1.54) is 20.1 Å². The molecule has 0 spiro atoms. The normalized spacial score (nSPS) is 13.8. The van der Waals surface area contributed by atoms with Gasteiger partial charge in [0.1, 0.15) is 5.75 Å². The second-order valence-corrected chi connectivity index (χ2v) is 3.54. The fourth-order valence-electron chi connectivity index (χ4n) is 1.48. The minimum Gasteiger partial charge on any atom is -0.496 e. The highest BCUT2D eigenvalue weighted by atomic mass is 19.1. The van der Waals surface area contributed by atoms with Gasteiger partial charge in [0.25, 0.3) is 0 Å². The second-order valence-electron chi connectivity index (χ2n) is 3.54.